The van der Waals surface area contributed by atoms with E-state index in [2.05, 4.69) is 24.7 Å². The summed E-state index contributed by atoms with van der Waals surface area (Å²) >= 11 is 3.03. The number of aromatic nitrogens is 2. The van der Waals surface area contributed by atoms with Crippen LogP contribution in [0.3, 0.4) is 0 Å². The van der Waals surface area contributed by atoms with Gasteiger partial charge in [-0.15, -0.1) is 0 Å². The second-order valence-corrected chi connectivity index (χ2v) is 16.8. The van der Waals surface area contributed by atoms with Crippen molar-refractivity contribution in [1.82, 2.24) is 24.7 Å². The zero-order valence-corrected chi connectivity index (χ0v) is 34.8. The Balaban J connectivity index is 0.792. The number of nitrogens with zero attached hydrogens (tertiary/aromatic N) is 5. The van der Waals surface area contributed by atoms with Crippen LogP contribution in [-0.4, -0.2) is 108 Å². The van der Waals surface area contributed by atoms with Gasteiger partial charge in [0.25, 0.3) is 16.6 Å². The van der Waals surface area contributed by atoms with E-state index in [1.54, 1.807) is 0 Å². The molecule has 8 rings (SSSR count). The van der Waals surface area contributed by atoms with E-state index in [-0.39, 0.29) is 12.6 Å². The Morgan fingerprint density at radius 1 is 0.729 bits per heavy atom. The smallest absolute Gasteiger partial charge is 0.363 e. The van der Waals surface area contributed by atoms with Crippen molar-refractivity contribution in [2.45, 2.75) is 50.8 Å². The highest BCUT2D eigenvalue weighted by Gasteiger charge is 2.36. The van der Waals surface area contributed by atoms with Gasteiger partial charge in [-0.1, -0.05) is 78.3 Å². The van der Waals surface area contributed by atoms with Crippen LogP contribution in [-0.2, 0) is 25.5 Å². The van der Waals surface area contributed by atoms with Gasteiger partial charge in [-0.25, -0.2) is 14.8 Å². The molecule has 3 heterocycles. The number of ether oxygens (including phenoxy) is 5. The molecule has 2 aromatic heterocycles. The zero-order chi connectivity index (χ0) is 40.4. The first-order valence-corrected chi connectivity index (χ1v) is 22.0. The van der Waals surface area contributed by atoms with Crippen molar-refractivity contribution >= 4 is 55.0 Å². The number of para-hydroxylation sites is 2. The average molecular weight is 836 g/mol. The Labute approximate surface area is 352 Å². The van der Waals surface area contributed by atoms with Crippen molar-refractivity contribution in [2.75, 3.05) is 59.5 Å². The van der Waals surface area contributed by atoms with Crippen molar-refractivity contribution < 1.29 is 33.3 Å². The summed E-state index contributed by atoms with van der Waals surface area (Å²) in [6.07, 6.45) is 4.75. The van der Waals surface area contributed by atoms with Crippen LogP contribution in [0, 0.1) is 0 Å². The monoisotopic (exact) mass is 835 g/mol. The van der Waals surface area contributed by atoms with E-state index in [4.69, 9.17) is 23.7 Å². The molecule has 59 heavy (non-hydrogen) atoms. The van der Waals surface area contributed by atoms with Gasteiger partial charge >= 0.3 is 11.9 Å². The highest BCUT2D eigenvalue weighted by Crippen LogP contribution is 2.33. The Hall–Kier alpha value is -5.12. The molecule has 0 N–H and O–H groups in total. The average Bonchev–Trinajstić information content (AvgIpc) is 3.88. The van der Waals surface area contributed by atoms with Crippen LogP contribution in [0.5, 0.6) is 27.6 Å². The van der Waals surface area contributed by atoms with E-state index in [0.717, 1.165) is 83.5 Å². The molecule has 1 saturated heterocycles. The third kappa shape index (κ3) is 10.9. The summed E-state index contributed by atoms with van der Waals surface area (Å²) in [5.41, 5.74) is 2.93. The number of rotatable bonds is 17. The van der Waals surface area contributed by atoms with Crippen LogP contribution in [0.4, 0.5) is 0 Å². The predicted molar refractivity (Wildman–Crippen MR) is 230 cm³/mol. The van der Waals surface area contributed by atoms with Gasteiger partial charge in [0, 0.05) is 45.3 Å². The highest BCUT2D eigenvalue weighted by atomic mass is 32.1. The third-order valence-electron chi connectivity index (χ3n) is 10.8. The van der Waals surface area contributed by atoms with Crippen molar-refractivity contribution in [3.8, 4) is 27.6 Å². The molecule has 1 aliphatic carbocycles. The Morgan fingerprint density at radius 2 is 1.29 bits per heavy atom. The Bertz CT molecular complexity index is 2220. The quantitative estimate of drug-likeness (QED) is 0.0649. The second kappa shape index (κ2) is 19.8. The summed E-state index contributed by atoms with van der Waals surface area (Å²) in [7, 11) is 1.35. The number of carbonyl (C=O) groups is 2. The van der Waals surface area contributed by atoms with Crippen molar-refractivity contribution in [1.29, 1.82) is 0 Å². The van der Waals surface area contributed by atoms with E-state index in [9.17, 15) is 9.59 Å². The van der Waals surface area contributed by atoms with E-state index in [1.807, 2.05) is 97.1 Å². The second-order valence-electron chi connectivity index (χ2n) is 14.8. The first kappa shape index (κ1) is 40.7. The molecule has 0 bridgehead atoms. The number of esters is 2. The lowest BCUT2D eigenvalue weighted by atomic mass is 9.93. The maximum absolute atomic E-state index is 13.5. The molecule has 4 aromatic carbocycles. The minimum atomic E-state index is -1.11. The molecule has 0 spiro atoms. The van der Waals surface area contributed by atoms with Crippen molar-refractivity contribution in [3.63, 3.8) is 0 Å². The number of hydrogen-bond donors (Lipinski definition) is 0. The number of methoxy groups -OCH3 is 1. The molecule has 1 atom stereocenters. The zero-order valence-electron chi connectivity index (χ0n) is 33.2. The van der Waals surface area contributed by atoms with Gasteiger partial charge in [0.15, 0.2) is 0 Å². The van der Waals surface area contributed by atoms with Gasteiger partial charge < -0.3 is 23.7 Å². The number of benzene rings is 4. The fourth-order valence-corrected chi connectivity index (χ4v) is 9.31. The molecule has 12 nitrogen and oxygen atoms in total. The van der Waals surface area contributed by atoms with Gasteiger partial charge in [0.2, 0.25) is 0 Å². The van der Waals surface area contributed by atoms with Crippen LogP contribution in [0.15, 0.2) is 97.1 Å². The normalized spacial score (nSPS) is 16.0. The summed E-state index contributed by atoms with van der Waals surface area (Å²) in [6, 6.07) is 31.6. The number of piperazine rings is 1. The number of thiazole rings is 2. The number of fused-ring (bicyclic) bond motifs is 2. The van der Waals surface area contributed by atoms with E-state index in [1.165, 1.54) is 29.8 Å². The lowest BCUT2D eigenvalue weighted by Crippen LogP contribution is -2.53. The number of carbonyl (C=O) groups excluding carboxylic acids is 2. The van der Waals surface area contributed by atoms with Crippen LogP contribution in [0.1, 0.15) is 37.7 Å². The number of hydrogen-bond acceptors (Lipinski definition) is 14. The lowest BCUT2D eigenvalue weighted by Gasteiger charge is -2.38. The summed E-state index contributed by atoms with van der Waals surface area (Å²) < 4.78 is 31.5. The Morgan fingerprint density at radius 3 is 1.88 bits per heavy atom. The van der Waals surface area contributed by atoms with Crippen molar-refractivity contribution in [2.24, 2.45) is 0 Å². The summed E-state index contributed by atoms with van der Waals surface area (Å²) in [5, 5.41) is 1.21. The highest BCUT2D eigenvalue weighted by molar-refractivity contribution is 7.20. The summed E-state index contributed by atoms with van der Waals surface area (Å²) in [4.78, 5) is 42.3. The van der Waals surface area contributed by atoms with Crippen molar-refractivity contribution in [3.05, 3.63) is 103 Å². The molecule has 6 aromatic rings. The van der Waals surface area contributed by atoms with Gasteiger partial charge in [-0.05, 0) is 85.5 Å². The largest absolute Gasteiger partial charge is 0.492 e. The molecule has 1 unspecified atom stereocenters. The SMILES string of the molecule is COC(=O)C(OC(=O)CN1CCN(CCOc2ccc(Oc3nc4ccccc4s3)cc2)CC1)N(CCc1ccc(Oc2nc3ccccc3s2)cc1)C1CCCCC1. The first-order valence-electron chi connectivity index (χ1n) is 20.3. The maximum Gasteiger partial charge on any atom is 0.363 e. The van der Waals surface area contributed by atoms with Gasteiger partial charge in [-0.2, -0.15) is 0 Å². The van der Waals surface area contributed by atoms with E-state index < -0.39 is 18.2 Å². The molecule has 1 aliphatic heterocycles. The topological polar surface area (TPSA) is 116 Å². The molecule has 14 heteroatoms. The molecular weight excluding hydrogens is 787 g/mol. The minimum Gasteiger partial charge on any atom is -0.492 e. The summed E-state index contributed by atoms with van der Waals surface area (Å²) in [6.45, 7) is 4.97. The van der Waals surface area contributed by atoms with Crippen LogP contribution in [0.25, 0.3) is 20.4 Å². The van der Waals surface area contributed by atoms with Gasteiger partial charge in [0.05, 0.1) is 34.1 Å². The van der Waals surface area contributed by atoms with Crippen LogP contribution in [0.2, 0.25) is 0 Å². The minimum absolute atomic E-state index is 0.109. The molecule has 2 fully saturated rings. The van der Waals surface area contributed by atoms with Gasteiger partial charge in [-0.3, -0.25) is 19.5 Å². The molecular formula is C45H49N5O7S2. The van der Waals surface area contributed by atoms with Crippen LogP contribution >= 0.6 is 22.7 Å². The maximum atomic E-state index is 13.5. The van der Waals surface area contributed by atoms with E-state index in [0.29, 0.717) is 54.5 Å². The molecule has 2 aliphatic rings. The molecule has 0 amide bonds. The molecule has 0 radical (unpaired) electrons. The fraction of sp³-hybridized carbons (Fsp3) is 0.378. The van der Waals surface area contributed by atoms with Crippen LogP contribution < -0.4 is 14.2 Å². The summed E-state index contributed by atoms with van der Waals surface area (Å²) in [5.74, 6) is 1.21. The fourth-order valence-electron chi connectivity index (χ4n) is 7.64. The van der Waals surface area contributed by atoms with E-state index >= 15 is 0 Å². The predicted octanol–water partition coefficient (Wildman–Crippen LogP) is 8.41. The molecule has 308 valence electrons. The van der Waals surface area contributed by atoms with Gasteiger partial charge in [0.1, 0.15) is 23.9 Å². The molecule has 1 saturated carbocycles. The lowest BCUT2D eigenvalue weighted by molar-refractivity contribution is -0.184. The first-order chi connectivity index (χ1) is 29.0. The standard InChI is InChI=1S/C45H49N5O7S2/c1-53-43(52)42(50(33-9-3-2-4-10-33)24-23-32-15-17-35(18-16-32)55-44-46-37-11-5-7-13-39(37)58-44)57-41(51)31-49-27-25-48(26-28-49)29-30-54-34-19-21-36(22-20-34)56-45-47-38-12-6-8-14-40(38)59-45/h5-8,11-22,33,42H,2-4,9-10,23-31H2,1H3. The third-order valence-corrected chi connectivity index (χ3v) is 12.7. The Kier molecular flexibility index (Phi) is 13.6.